The van der Waals surface area contributed by atoms with E-state index in [9.17, 15) is 0 Å². The van der Waals surface area contributed by atoms with Crippen molar-refractivity contribution >= 4 is 66.1 Å². The molecule has 41 heavy (non-hydrogen) atoms. The molecule has 1 saturated heterocycles. The summed E-state index contributed by atoms with van der Waals surface area (Å²) in [5, 5.41) is 23.4. The Hall–Kier alpha value is -3.63. The highest BCUT2D eigenvalue weighted by atomic mass is 32.3. The van der Waals surface area contributed by atoms with Crippen molar-refractivity contribution in [3.05, 3.63) is 70.7 Å². The van der Waals surface area contributed by atoms with Crippen molar-refractivity contribution in [2.75, 3.05) is 36.0 Å². The van der Waals surface area contributed by atoms with Gasteiger partial charge in [-0.15, -0.1) is 0 Å². The molecule has 15 heteroatoms. The molecular weight excluding hydrogens is 585 g/mol. The van der Waals surface area contributed by atoms with Crippen molar-refractivity contribution in [2.45, 2.75) is 13.8 Å². The molecule has 0 amide bonds. The molecule has 1 fully saturated rings. The second kappa shape index (κ2) is 13.4. The van der Waals surface area contributed by atoms with E-state index in [0.29, 0.717) is 0 Å². The van der Waals surface area contributed by atoms with E-state index in [1.807, 2.05) is 46.4 Å². The van der Waals surface area contributed by atoms with Crippen molar-refractivity contribution in [1.29, 1.82) is 0 Å². The number of benzene rings is 2. The minimum absolute atomic E-state index is 0.879. The van der Waals surface area contributed by atoms with E-state index in [-0.39, 0.29) is 0 Å². The van der Waals surface area contributed by atoms with E-state index in [4.69, 9.17) is 17.5 Å². The summed E-state index contributed by atoms with van der Waals surface area (Å²) in [5.74, 6) is 0. The van der Waals surface area contributed by atoms with Crippen LogP contribution in [-0.2, 0) is 24.5 Å². The quantitative estimate of drug-likeness (QED) is 0.131. The highest BCUT2D eigenvalue weighted by molar-refractivity contribution is 7.79. The molecule has 0 bridgehead atoms. The van der Waals surface area contributed by atoms with Crippen molar-refractivity contribution in [3.8, 4) is 0 Å². The number of thiazole rings is 2. The average molecular weight is 615 g/mol. The summed E-state index contributed by atoms with van der Waals surface area (Å²) in [6, 6.07) is 12.7. The maximum absolute atomic E-state index is 8.52. The minimum atomic E-state index is -5.17. The lowest BCUT2D eigenvalue weighted by Gasteiger charge is -2.38. The third-order valence-corrected chi connectivity index (χ3v) is 8.02. The van der Waals surface area contributed by atoms with Crippen LogP contribution in [-0.4, -0.2) is 43.7 Å². The highest BCUT2D eigenvalue weighted by Crippen LogP contribution is 2.30. The zero-order valence-corrected chi connectivity index (χ0v) is 25.5. The van der Waals surface area contributed by atoms with Gasteiger partial charge in [-0.05, 0) is 94.3 Å². The molecule has 12 nitrogen and oxygen atoms in total. The summed E-state index contributed by atoms with van der Waals surface area (Å²) in [5.41, 5.74) is 6.74. The van der Waals surface area contributed by atoms with Crippen LogP contribution in [0.5, 0.6) is 0 Å². The van der Waals surface area contributed by atoms with E-state index in [1.165, 1.54) is 22.5 Å². The molecule has 1 aliphatic rings. The van der Waals surface area contributed by atoms with Gasteiger partial charge in [0.25, 0.3) is 0 Å². The number of piperazine rings is 1. The Labute approximate surface area is 247 Å². The SMILES string of the molecule is Cc1cc(/N=N/c2scc[n+]2C)ccc1N1CCN(c2ccc(/N=N/c3scc[n+]3C)cc2C)CC1.O=S(=O)([O-])[O-]. The largest absolute Gasteiger partial charge is 0.759 e. The third-order valence-electron chi connectivity index (χ3n) is 6.34. The molecule has 216 valence electrons. The lowest BCUT2D eigenvalue weighted by atomic mass is 10.1. The van der Waals surface area contributed by atoms with Crippen molar-refractivity contribution < 1.29 is 26.7 Å². The zero-order valence-electron chi connectivity index (χ0n) is 23.0. The fourth-order valence-corrected chi connectivity index (χ4v) is 5.71. The fourth-order valence-electron chi connectivity index (χ4n) is 4.35. The van der Waals surface area contributed by atoms with Crippen LogP contribution >= 0.6 is 22.7 Å². The van der Waals surface area contributed by atoms with E-state index in [0.717, 1.165) is 47.8 Å². The molecule has 2 aromatic heterocycles. The van der Waals surface area contributed by atoms with Crippen LogP contribution in [0.15, 0.2) is 80.0 Å². The van der Waals surface area contributed by atoms with Crippen LogP contribution in [0.25, 0.3) is 0 Å². The van der Waals surface area contributed by atoms with Gasteiger partial charge in [0.1, 0.15) is 23.8 Å². The number of aromatic nitrogens is 2. The molecule has 0 unspecified atom stereocenters. The molecule has 1 aliphatic heterocycles. The summed E-state index contributed by atoms with van der Waals surface area (Å²) >= 11 is 3.16. The van der Waals surface area contributed by atoms with Crippen LogP contribution in [0.2, 0.25) is 0 Å². The van der Waals surface area contributed by atoms with Gasteiger partial charge in [-0.3, -0.25) is 8.42 Å². The van der Waals surface area contributed by atoms with Gasteiger partial charge < -0.3 is 18.9 Å². The molecule has 0 saturated carbocycles. The van der Waals surface area contributed by atoms with E-state index >= 15 is 0 Å². The fraction of sp³-hybridized carbons (Fsp3) is 0.308. The van der Waals surface area contributed by atoms with Gasteiger partial charge in [-0.25, -0.2) is 9.13 Å². The topological polar surface area (TPSA) is 144 Å². The van der Waals surface area contributed by atoms with E-state index in [2.05, 4.69) is 80.5 Å². The first-order valence-electron chi connectivity index (χ1n) is 12.6. The minimum Gasteiger partial charge on any atom is -0.759 e. The molecule has 5 rings (SSSR count). The van der Waals surface area contributed by atoms with Gasteiger partial charge >= 0.3 is 10.3 Å². The maximum Gasteiger partial charge on any atom is 0.408 e. The Morgan fingerprint density at radius 3 is 1.37 bits per heavy atom. The molecule has 4 aromatic rings. The molecule has 2 aromatic carbocycles. The predicted octanol–water partition coefficient (Wildman–Crippen LogP) is 4.89. The highest BCUT2D eigenvalue weighted by Gasteiger charge is 2.20. The smallest absolute Gasteiger partial charge is 0.408 e. The van der Waals surface area contributed by atoms with E-state index in [1.54, 1.807) is 22.7 Å². The maximum atomic E-state index is 8.52. The van der Waals surface area contributed by atoms with Crippen LogP contribution in [0.3, 0.4) is 0 Å². The van der Waals surface area contributed by atoms with Gasteiger partial charge in [0.15, 0.2) is 0 Å². The van der Waals surface area contributed by atoms with E-state index < -0.39 is 10.4 Å². The Morgan fingerprint density at radius 1 is 0.707 bits per heavy atom. The monoisotopic (exact) mass is 614 g/mol. The van der Waals surface area contributed by atoms with Crippen LogP contribution < -0.4 is 18.9 Å². The number of nitrogens with zero attached hydrogens (tertiary/aromatic N) is 8. The number of aryl methyl sites for hydroxylation is 4. The first-order chi connectivity index (χ1) is 19.5. The van der Waals surface area contributed by atoms with Gasteiger partial charge in [0.2, 0.25) is 0 Å². The Kier molecular flexibility index (Phi) is 9.88. The van der Waals surface area contributed by atoms with Gasteiger partial charge in [-0.2, -0.15) is 0 Å². The second-order valence-corrected chi connectivity index (χ2v) is 11.9. The lowest BCUT2D eigenvalue weighted by Crippen LogP contribution is -2.47. The van der Waals surface area contributed by atoms with Crippen molar-refractivity contribution in [3.63, 3.8) is 0 Å². The molecule has 0 atom stereocenters. The predicted molar refractivity (Wildman–Crippen MR) is 157 cm³/mol. The summed E-state index contributed by atoms with van der Waals surface area (Å²) in [6.07, 6.45) is 3.97. The number of hydrogen-bond donors (Lipinski definition) is 0. The van der Waals surface area contributed by atoms with Crippen LogP contribution in [0.1, 0.15) is 11.1 Å². The van der Waals surface area contributed by atoms with Crippen LogP contribution in [0.4, 0.5) is 33.0 Å². The Morgan fingerprint density at radius 2 is 1.07 bits per heavy atom. The molecule has 0 spiro atoms. The summed E-state index contributed by atoms with van der Waals surface area (Å²) in [4.78, 5) is 4.93. The Bertz CT molecular complexity index is 1540. The molecule has 0 N–H and O–H groups in total. The molecule has 0 radical (unpaired) electrons. The van der Waals surface area contributed by atoms with Gasteiger partial charge in [-0.1, -0.05) is 0 Å². The molecular formula is C26H30N8O4S3. The Balaban J connectivity index is 0.000000714. The first kappa shape index (κ1) is 30.3. The van der Waals surface area contributed by atoms with Gasteiger partial charge in [0, 0.05) is 58.7 Å². The normalized spacial score (nSPS) is 14.1. The number of azo groups is 2. The summed E-state index contributed by atoms with van der Waals surface area (Å²) in [6.45, 7) is 8.20. The van der Waals surface area contributed by atoms with Crippen molar-refractivity contribution in [2.24, 2.45) is 34.6 Å². The average Bonchev–Trinajstić information content (AvgIpc) is 3.52. The number of anilines is 2. The zero-order chi connectivity index (χ0) is 29.6. The molecule has 0 aliphatic carbocycles. The first-order valence-corrected chi connectivity index (χ1v) is 15.6. The standard InChI is InChI=1S/C26H30N8S2.H2O4S/c1-19-17-21(27-29-25-31(3)13-15-35-25)5-7-23(19)33-9-11-34(12-10-33)24-8-6-22(18-20(24)2)28-30-26-32(4)14-16-36-26;1-5(2,3)4/h5-8,13-18H,9-12H2,1-4H3;(H2,1,2,3,4)/q+2;/p-2. The van der Waals surface area contributed by atoms with Crippen molar-refractivity contribution in [1.82, 2.24) is 0 Å². The van der Waals surface area contributed by atoms with Gasteiger partial charge in [0.05, 0.1) is 24.3 Å². The molecule has 3 heterocycles. The second-order valence-electron chi connectivity index (χ2n) is 9.32. The summed E-state index contributed by atoms with van der Waals surface area (Å²) < 4.78 is 38.0. The lowest BCUT2D eigenvalue weighted by molar-refractivity contribution is -0.654. The third kappa shape index (κ3) is 8.68. The number of rotatable bonds is 6. The number of hydrogen-bond acceptors (Lipinski definition) is 12. The van der Waals surface area contributed by atoms with Crippen LogP contribution in [0, 0.1) is 13.8 Å². The summed E-state index contributed by atoms with van der Waals surface area (Å²) in [7, 11) is -1.21.